The van der Waals surface area contributed by atoms with Gasteiger partial charge in [-0.1, -0.05) is 36.0 Å². The fraction of sp³-hybridized carbons (Fsp3) is 0.320. The van der Waals surface area contributed by atoms with Gasteiger partial charge in [0.05, 0.1) is 32.0 Å². The van der Waals surface area contributed by atoms with Crippen LogP contribution in [0.5, 0.6) is 11.5 Å². The highest BCUT2D eigenvalue weighted by Gasteiger charge is 2.20. The summed E-state index contributed by atoms with van der Waals surface area (Å²) in [5.41, 5.74) is 3.02. The first-order valence-electron chi connectivity index (χ1n) is 11.3. The number of methoxy groups -OCH3 is 2. The van der Waals surface area contributed by atoms with E-state index in [0.29, 0.717) is 17.3 Å². The van der Waals surface area contributed by atoms with Crippen molar-refractivity contribution < 1.29 is 9.47 Å². The molecule has 0 radical (unpaired) electrons. The van der Waals surface area contributed by atoms with E-state index in [-0.39, 0.29) is 0 Å². The maximum atomic E-state index is 5.59. The van der Waals surface area contributed by atoms with Crippen molar-refractivity contribution in [2.45, 2.75) is 30.3 Å². The molecular weight excluding hydrogens is 466 g/mol. The van der Waals surface area contributed by atoms with Crippen LogP contribution in [0, 0.1) is 0 Å². The summed E-state index contributed by atoms with van der Waals surface area (Å²) in [4.78, 5) is 7.32. The van der Waals surface area contributed by atoms with Crippen LogP contribution in [0.2, 0.25) is 0 Å². The molecule has 0 atom stereocenters. The smallest absolute Gasteiger partial charge is 0.196 e. The number of hydrogen-bond acceptors (Lipinski definition) is 8. The van der Waals surface area contributed by atoms with Crippen molar-refractivity contribution in [2.24, 2.45) is 0 Å². The molecule has 2 aromatic carbocycles. The molecule has 1 aliphatic heterocycles. The Kier molecular flexibility index (Phi) is 7.13. The zero-order valence-electron chi connectivity index (χ0n) is 19.3. The van der Waals surface area contributed by atoms with Gasteiger partial charge in [-0.2, -0.15) is 0 Å². The predicted octanol–water partition coefficient (Wildman–Crippen LogP) is 5.30. The molecule has 0 spiro atoms. The molecule has 9 heteroatoms. The number of likely N-dealkylation sites (tertiary alicyclic amines) is 1. The highest BCUT2D eigenvalue weighted by Crippen LogP contribution is 2.39. The molecule has 176 valence electrons. The Bertz CT molecular complexity index is 1240. The number of aromatic nitrogens is 4. The highest BCUT2D eigenvalue weighted by atomic mass is 32.2. The van der Waals surface area contributed by atoms with Gasteiger partial charge in [-0.05, 0) is 50.2 Å². The number of benzene rings is 2. The maximum Gasteiger partial charge on any atom is 0.196 e. The van der Waals surface area contributed by atoms with Crippen LogP contribution in [0.3, 0.4) is 0 Å². The standard InChI is InChI=1S/C25H27N5O2S2/c1-31-21-12-8-11-20(23(21)32-2)24-26-18(16-33-24)17-34-25-28-27-22(15-29-13-6-7-14-29)30(25)19-9-4-3-5-10-19/h3-5,8-12,16H,6-7,13-15,17H2,1-2H3. The first kappa shape index (κ1) is 22.9. The number of thioether (sulfide) groups is 1. The maximum absolute atomic E-state index is 5.59. The molecule has 0 aliphatic carbocycles. The summed E-state index contributed by atoms with van der Waals surface area (Å²) in [6, 6.07) is 16.2. The number of nitrogens with zero attached hydrogens (tertiary/aromatic N) is 5. The fourth-order valence-electron chi connectivity index (χ4n) is 4.16. The van der Waals surface area contributed by atoms with Crippen LogP contribution in [0.1, 0.15) is 24.4 Å². The van der Waals surface area contributed by atoms with E-state index in [1.807, 2.05) is 24.3 Å². The number of para-hydroxylation sites is 2. The normalized spacial score (nSPS) is 13.9. The average molecular weight is 494 g/mol. The van der Waals surface area contributed by atoms with Crippen molar-refractivity contribution in [1.29, 1.82) is 0 Å². The van der Waals surface area contributed by atoms with Gasteiger partial charge in [0, 0.05) is 16.8 Å². The molecule has 34 heavy (non-hydrogen) atoms. The minimum absolute atomic E-state index is 0.701. The van der Waals surface area contributed by atoms with Gasteiger partial charge in [0.2, 0.25) is 0 Å². The third kappa shape index (κ3) is 4.82. The highest BCUT2D eigenvalue weighted by molar-refractivity contribution is 7.98. The van der Waals surface area contributed by atoms with Crippen molar-refractivity contribution in [1.82, 2.24) is 24.6 Å². The van der Waals surface area contributed by atoms with E-state index in [0.717, 1.165) is 52.6 Å². The zero-order valence-corrected chi connectivity index (χ0v) is 20.9. The molecule has 7 nitrogen and oxygen atoms in total. The van der Waals surface area contributed by atoms with E-state index in [1.165, 1.54) is 12.8 Å². The van der Waals surface area contributed by atoms with Crippen LogP contribution < -0.4 is 9.47 Å². The van der Waals surface area contributed by atoms with Gasteiger partial charge in [-0.3, -0.25) is 9.47 Å². The third-order valence-corrected chi connectivity index (χ3v) is 7.70. The fourth-order valence-corrected chi connectivity index (χ4v) is 5.97. The Morgan fingerprint density at radius 2 is 1.79 bits per heavy atom. The lowest BCUT2D eigenvalue weighted by Crippen LogP contribution is -2.21. The van der Waals surface area contributed by atoms with E-state index >= 15 is 0 Å². The lowest BCUT2D eigenvalue weighted by atomic mass is 10.2. The molecule has 5 rings (SSSR count). The molecule has 0 unspecified atom stereocenters. The van der Waals surface area contributed by atoms with Crippen molar-refractivity contribution in [3.05, 3.63) is 65.4 Å². The molecule has 2 aromatic heterocycles. The summed E-state index contributed by atoms with van der Waals surface area (Å²) in [6.07, 6.45) is 2.51. The predicted molar refractivity (Wildman–Crippen MR) is 136 cm³/mol. The van der Waals surface area contributed by atoms with Crippen LogP contribution in [-0.2, 0) is 12.3 Å². The van der Waals surface area contributed by atoms with E-state index < -0.39 is 0 Å². The molecule has 1 aliphatic rings. The molecule has 0 saturated carbocycles. The van der Waals surface area contributed by atoms with Gasteiger partial charge in [0.15, 0.2) is 22.5 Å². The lowest BCUT2D eigenvalue weighted by molar-refractivity contribution is 0.319. The molecule has 0 N–H and O–H groups in total. The minimum atomic E-state index is 0.701. The lowest BCUT2D eigenvalue weighted by Gasteiger charge is -2.15. The summed E-state index contributed by atoms with van der Waals surface area (Å²) < 4.78 is 13.2. The summed E-state index contributed by atoms with van der Waals surface area (Å²) in [6.45, 7) is 3.07. The van der Waals surface area contributed by atoms with Crippen molar-refractivity contribution in [2.75, 3.05) is 27.3 Å². The summed E-state index contributed by atoms with van der Waals surface area (Å²) >= 11 is 3.26. The average Bonchev–Trinajstić information content (AvgIpc) is 3.64. The van der Waals surface area contributed by atoms with Gasteiger partial charge in [-0.25, -0.2) is 4.98 Å². The second-order valence-electron chi connectivity index (χ2n) is 8.03. The number of hydrogen-bond donors (Lipinski definition) is 0. The first-order chi connectivity index (χ1) is 16.8. The van der Waals surface area contributed by atoms with Crippen molar-refractivity contribution >= 4 is 23.1 Å². The number of thiazole rings is 1. The number of ether oxygens (including phenoxy) is 2. The topological polar surface area (TPSA) is 65.3 Å². The SMILES string of the molecule is COc1cccc(-c2nc(CSc3nnc(CN4CCCC4)n3-c3ccccc3)cs2)c1OC. The summed E-state index contributed by atoms with van der Waals surface area (Å²) in [7, 11) is 3.30. The molecule has 4 aromatic rings. The molecular formula is C25H27N5O2S2. The Morgan fingerprint density at radius 1 is 0.971 bits per heavy atom. The van der Waals surface area contributed by atoms with Crippen LogP contribution in [0.15, 0.2) is 59.1 Å². The van der Waals surface area contributed by atoms with Crippen molar-refractivity contribution in [3.63, 3.8) is 0 Å². The van der Waals surface area contributed by atoms with Crippen LogP contribution >= 0.6 is 23.1 Å². The Hall–Kier alpha value is -2.88. The monoisotopic (exact) mass is 493 g/mol. The van der Waals surface area contributed by atoms with E-state index in [1.54, 1.807) is 37.3 Å². The van der Waals surface area contributed by atoms with Gasteiger partial charge in [-0.15, -0.1) is 21.5 Å². The number of rotatable bonds is 9. The third-order valence-electron chi connectivity index (χ3n) is 5.81. The summed E-state index contributed by atoms with van der Waals surface area (Å²) in [5.74, 6) is 3.09. The minimum Gasteiger partial charge on any atom is -0.493 e. The Balaban J connectivity index is 1.37. The second-order valence-corrected chi connectivity index (χ2v) is 9.83. The molecule has 0 bridgehead atoms. The van der Waals surface area contributed by atoms with E-state index in [9.17, 15) is 0 Å². The molecule has 3 heterocycles. The molecule has 1 fully saturated rings. The van der Waals surface area contributed by atoms with Gasteiger partial charge in [0.1, 0.15) is 5.01 Å². The van der Waals surface area contributed by atoms with Crippen molar-refractivity contribution in [3.8, 4) is 27.8 Å². The zero-order chi connectivity index (χ0) is 23.3. The van der Waals surface area contributed by atoms with Gasteiger partial charge >= 0.3 is 0 Å². The van der Waals surface area contributed by atoms with E-state index in [2.05, 4.69) is 49.3 Å². The van der Waals surface area contributed by atoms with Gasteiger partial charge < -0.3 is 9.47 Å². The van der Waals surface area contributed by atoms with E-state index in [4.69, 9.17) is 14.5 Å². The quantitative estimate of drug-likeness (QED) is 0.293. The molecule has 1 saturated heterocycles. The second kappa shape index (κ2) is 10.6. The van der Waals surface area contributed by atoms with Gasteiger partial charge in [0.25, 0.3) is 0 Å². The van der Waals surface area contributed by atoms with Crippen LogP contribution in [-0.4, -0.2) is 52.0 Å². The largest absolute Gasteiger partial charge is 0.493 e. The first-order valence-corrected chi connectivity index (χ1v) is 13.1. The Morgan fingerprint density at radius 3 is 2.56 bits per heavy atom. The van der Waals surface area contributed by atoms with Crippen LogP contribution in [0.25, 0.3) is 16.3 Å². The van der Waals surface area contributed by atoms with Crippen LogP contribution in [0.4, 0.5) is 0 Å². The Labute approximate surface area is 207 Å². The summed E-state index contributed by atoms with van der Waals surface area (Å²) in [5, 5.41) is 13.0. The molecule has 0 amide bonds.